The topological polar surface area (TPSA) is 68.3 Å². The molecular weight excluding hydrogens is 240 g/mol. The molecule has 5 nitrogen and oxygen atoms in total. The van der Waals surface area contributed by atoms with Crippen molar-refractivity contribution < 1.29 is 14.3 Å². The zero-order chi connectivity index (χ0) is 12.8. The van der Waals surface area contributed by atoms with Crippen LogP contribution in [0.15, 0.2) is 12.7 Å². The number of carbonyl (C=O) groups excluding carboxylic acids is 2. The fourth-order valence-electron chi connectivity index (χ4n) is 1.05. The van der Waals surface area contributed by atoms with E-state index in [0.29, 0.717) is 22.1 Å². The summed E-state index contributed by atoms with van der Waals surface area (Å²) in [6.45, 7) is 7.06. The van der Waals surface area contributed by atoms with Gasteiger partial charge in [-0.25, -0.2) is 9.78 Å². The smallest absolute Gasteiger partial charge is 0.350 e. The minimum atomic E-state index is -0.447. The van der Waals surface area contributed by atoms with E-state index in [2.05, 4.69) is 16.9 Å². The number of esters is 1. The van der Waals surface area contributed by atoms with Crippen molar-refractivity contribution in [2.45, 2.75) is 20.3 Å². The Morgan fingerprint density at radius 1 is 1.59 bits per heavy atom. The van der Waals surface area contributed by atoms with Gasteiger partial charge in [-0.2, -0.15) is 0 Å². The van der Waals surface area contributed by atoms with Gasteiger partial charge in [0.25, 0.3) is 0 Å². The van der Waals surface area contributed by atoms with Crippen LogP contribution in [0.5, 0.6) is 0 Å². The molecule has 92 valence electrons. The van der Waals surface area contributed by atoms with Crippen molar-refractivity contribution in [3.8, 4) is 0 Å². The largest absolute Gasteiger partial charge is 0.457 e. The van der Waals surface area contributed by atoms with Gasteiger partial charge in [0.1, 0.15) is 11.5 Å². The molecule has 1 aromatic heterocycles. The van der Waals surface area contributed by atoms with E-state index in [4.69, 9.17) is 4.74 Å². The Kier molecular flexibility index (Phi) is 4.84. The van der Waals surface area contributed by atoms with Gasteiger partial charge in [-0.3, -0.25) is 4.79 Å². The lowest BCUT2D eigenvalue weighted by molar-refractivity contribution is -0.115. The summed E-state index contributed by atoms with van der Waals surface area (Å²) < 4.78 is 4.90. The van der Waals surface area contributed by atoms with Gasteiger partial charge < -0.3 is 10.1 Å². The van der Waals surface area contributed by atoms with Crippen molar-refractivity contribution in [3.63, 3.8) is 0 Å². The summed E-state index contributed by atoms with van der Waals surface area (Å²) in [6, 6.07) is 0. The van der Waals surface area contributed by atoms with Crippen LogP contribution in [0.2, 0.25) is 0 Å². The summed E-state index contributed by atoms with van der Waals surface area (Å²) in [5.41, 5.74) is 0.551. The van der Waals surface area contributed by atoms with E-state index >= 15 is 0 Å². The lowest BCUT2D eigenvalue weighted by atomic mass is 10.4. The van der Waals surface area contributed by atoms with Gasteiger partial charge in [0, 0.05) is 6.42 Å². The van der Waals surface area contributed by atoms with Crippen molar-refractivity contribution in [1.29, 1.82) is 0 Å². The average molecular weight is 254 g/mol. The molecule has 0 aliphatic rings. The fourth-order valence-corrected chi connectivity index (χ4v) is 1.92. The van der Waals surface area contributed by atoms with Crippen molar-refractivity contribution in [1.82, 2.24) is 4.98 Å². The predicted molar refractivity (Wildman–Crippen MR) is 66.3 cm³/mol. The van der Waals surface area contributed by atoms with Crippen LogP contribution >= 0.6 is 11.3 Å². The zero-order valence-corrected chi connectivity index (χ0v) is 10.6. The van der Waals surface area contributed by atoms with E-state index in [9.17, 15) is 9.59 Å². The number of thiazole rings is 1. The maximum atomic E-state index is 11.6. The van der Waals surface area contributed by atoms with Gasteiger partial charge in [0.15, 0.2) is 5.13 Å². The van der Waals surface area contributed by atoms with E-state index in [1.165, 1.54) is 6.08 Å². The molecule has 1 amide bonds. The zero-order valence-electron chi connectivity index (χ0n) is 9.78. The molecule has 0 bridgehead atoms. The number of hydrogen-bond donors (Lipinski definition) is 1. The predicted octanol–water partition coefficient (Wildman–Crippen LogP) is 2.14. The molecule has 17 heavy (non-hydrogen) atoms. The molecule has 1 rings (SSSR count). The standard InChI is InChI=1S/C11H14N2O3S/c1-4-6-16-10(15)9-7(3)12-11(17-9)13-8(14)5-2/h4H,1,5-6H2,2-3H3,(H,12,13,14). The summed E-state index contributed by atoms with van der Waals surface area (Å²) >= 11 is 1.11. The summed E-state index contributed by atoms with van der Waals surface area (Å²) in [5, 5.41) is 3.02. The highest BCUT2D eigenvalue weighted by atomic mass is 32.1. The van der Waals surface area contributed by atoms with Crippen LogP contribution in [0.3, 0.4) is 0 Å². The Labute approximate surface area is 104 Å². The number of hydrogen-bond acceptors (Lipinski definition) is 5. The van der Waals surface area contributed by atoms with Crippen molar-refractivity contribution >= 4 is 28.3 Å². The highest BCUT2D eigenvalue weighted by molar-refractivity contribution is 7.17. The maximum absolute atomic E-state index is 11.6. The van der Waals surface area contributed by atoms with E-state index in [0.717, 1.165) is 11.3 Å². The van der Waals surface area contributed by atoms with E-state index < -0.39 is 5.97 Å². The molecule has 0 spiro atoms. The van der Waals surface area contributed by atoms with Crippen molar-refractivity contribution in [3.05, 3.63) is 23.2 Å². The Bertz CT molecular complexity index is 440. The second-order valence-corrected chi connectivity index (χ2v) is 4.22. The lowest BCUT2D eigenvalue weighted by Crippen LogP contribution is -2.08. The first-order chi connectivity index (χ1) is 8.08. The number of nitrogens with one attached hydrogen (secondary N) is 1. The molecule has 0 atom stereocenters. The van der Waals surface area contributed by atoms with Crippen LogP contribution in [0.1, 0.15) is 28.7 Å². The third-order valence-corrected chi connectivity index (χ3v) is 2.93. The van der Waals surface area contributed by atoms with E-state index in [1.54, 1.807) is 13.8 Å². The second kappa shape index (κ2) is 6.15. The van der Waals surface area contributed by atoms with Gasteiger partial charge in [0.05, 0.1) is 5.69 Å². The Morgan fingerprint density at radius 2 is 2.29 bits per heavy atom. The van der Waals surface area contributed by atoms with Crippen molar-refractivity contribution in [2.75, 3.05) is 11.9 Å². The second-order valence-electron chi connectivity index (χ2n) is 3.22. The minimum absolute atomic E-state index is 0.134. The van der Waals surface area contributed by atoms with Gasteiger partial charge in [0.2, 0.25) is 5.91 Å². The first-order valence-electron chi connectivity index (χ1n) is 5.13. The monoisotopic (exact) mass is 254 g/mol. The maximum Gasteiger partial charge on any atom is 0.350 e. The summed E-state index contributed by atoms with van der Waals surface area (Å²) in [4.78, 5) is 27.2. The average Bonchev–Trinajstić information content (AvgIpc) is 2.67. The molecule has 0 aliphatic heterocycles. The molecule has 0 unspecified atom stereocenters. The third kappa shape index (κ3) is 3.67. The Hall–Kier alpha value is -1.69. The molecule has 6 heteroatoms. The summed E-state index contributed by atoms with van der Waals surface area (Å²) in [7, 11) is 0. The third-order valence-electron chi connectivity index (χ3n) is 1.88. The van der Waals surface area contributed by atoms with Gasteiger partial charge >= 0.3 is 5.97 Å². The highest BCUT2D eigenvalue weighted by Gasteiger charge is 2.17. The molecule has 0 saturated carbocycles. The number of anilines is 1. The molecule has 1 aromatic rings. The lowest BCUT2D eigenvalue weighted by Gasteiger charge is -1.98. The number of amides is 1. The summed E-state index contributed by atoms with van der Waals surface area (Å²) in [5.74, 6) is -0.582. The van der Waals surface area contributed by atoms with Gasteiger partial charge in [-0.15, -0.1) is 0 Å². The van der Waals surface area contributed by atoms with Gasteiger partial charge in [-0.05, 0) is 6.92 Å². The highest BCUT2D eigenvalue weighted by Crippen LogP contribution is 2.23. The number of ether oxygens (including phenoxy) is 1. The number of aromatic nitrogens is 1. The molecule has 0 fully saturated rings. The number of rotatable bonds is 5. The van der Waals surface area contributed by atoms with Crippen molar-refractivity contribution in [2.24, 2.45) is 0 Å². The van der Waals surface area contributed by atoms with Crippen LogP contribution < -0.4 is 5.32 Å². The first kappa shape index (κ1) is 13.4. The molecule has 0 aliphatic carbocycles. The number of aryl methyl sites for hydroxylation is 1. The SMILES string of the molecule is C=CCOC(=O)c1sc(NC(=O)CC)nc1C. The quantitative estimate of drug-likeness (QED) is 0.645. The normalized spacial score (nSPS) is 9.76. The van der Waals surface area contributed by atoms with Crippen LogP contribution in [-0.4, -0.2) is 23.5 Å². The molecule has 1 heterocycles. The Morgan fingerprint density at radius 3 is 2.88 bits per heavy atom. The van der Waals surface area contributed by atoms with Crippen LogP contribution in [0, 0.1) is 6.92 Å². The molecule has 0 aromatic carbocycles. The number of nitrogens with zero attached hydrogens (tertiary/aromatic N) is 1. The summed E-state index contributed by atoms with van der Waals surface area (Å²) in [6.07, 6.45) is 1.86. The van der Waals surface area contributed by atoms with Crippen LogP contribution in [0.25, 0.3) is 0 Å². The van der Waals surface area contributed by atoms with Crippen LogP contribution in [0.4, 0.5) is 5.13 Å². The molecular formula is C11H14N2O3S. The molecule has 0 radical (unpaired) electrons. The molecule has 0 saturated heterocycles. The minimum Gasteiger partial charge on any atom is -0.457 e. The van der Waals surface area contributed by atoms with Gasteiger partial charge in [-0.1, -0.05) is 30.9 Å². The number of carbonyl (C=O) groups is 2. The molecule has 1 N–H and O–H groups in total. The van der Waals surface area contributed by atoms with Crippen LogP contribution in [-0.2, 0) is 9.53 Å². The van der Waals surface area contributed by atoms with E-state index in [-0.39, 0.29) is 12.5 Å². The Balaban J connectivity index is 2.77. The first-order valence-corrected chi connectivity index (χ1v) is 5.95. The fraction of sp³-hybridized carbons (Fsp3) is 0.364. The van der Waals surface area contributed by atoms with E-state index in [1.807, 2.05) is 0 Å².